The molecule has 0 radical (unpaired) electrons. The maximum absolute atomic E-state index is 11.2. The topological polar surface area (TPSA) is 29.5 Å². The third-order valence-electron chi connectivity index (χ3n) is 1.48. The average molecular weight is 267 g/mol. The predicted molar refractivity (Wildman–Crippen MR) is 50.3 cm³/mol. The van der Waals surface area contributed by atoms with Crippen molar-refractivity contribution in [3.63, 3.8) is 0 Å². The largest absolute Gasteiger partial charge is 0.495 e. The van der Waals surface area contributed by atoms with Crippen molar-refractivity contribution in [3.8, 4) is 0 Å². The van der Waals surface area contributed by atoms with E-state index in [9.17, 15) is 4.79 Å². The summed E-state index contributed by atoms with van der Waals surface area (Å²) >= 11 is 2.02. The third kappa shape index (κ3) is 1.66. The lowest BCUT2D eigenvalue weighted by molar-refractivity contribution is -0.123. The highest BCUT2D eigenvalue weighted by molar-refractivity contribution is 14.1. The first-order chi connectivity index (χ1) is 5.16. The van der Waals surface area contributed by atoms with Crippen molar-refractivity contribution in [2.45, 2.75) is 6.92 Å². The Morgan fingerprint density at radius 3 is 2.73 bits per heavy atom. The fraction of sp³-hybridized carbons (Fsp3) is 0.571. The van der Waals surface area contributed by atoms with Crippen LogP contribution in [0.3, 0.4) is 0 Å². The first-order valence-electron chi connectivity index (χ1n) is 3.43. The number of carbonyl (C=O) groups is 1. The first kappa shape index (κ1) is 8.83. The fourth-order valence-electron chi connectivity index (χ4n) is 0.927. The predicted octanol–water partition coefficient (Wildman–Crippen LogP) is 1.14. The summed E-state index contributed by atoms with van der Waals surface area (Å²) in [5, 5.41) is 0. The smallest absolute Gasteiger partial charge is 0.263 e. The molecule has 0 bridgehead atoms. The number of amides is 1. The van der Waals surface area contributed by atoms with Crippen molar-refractivity contribution in [3.05, 3.63) is 9.34 Å². The zero-order chi connectivity index (χ0) is 8.43. The number of hydrogen-bond acceptors (Lipinski definition) is 2. The summed E-state index contributed by atoms with van der Waals surface area (Å²) in [5.74, 6) is 0.870. The number of halogens is 1. The Balaban J connectivity index is 2.72. The zero-order valence-corrected chi connectivity index (χ0v) is 8.71. The van der Waals surface area contributed by atoms with Crippen molar-refractivity contribution in [2.75, 3.05) is 20.2 Å². The number of carbonyl (C=O) groups excluding carboxylic acids is 1. The van der Waals surface area contributed by atoms with Gasteiger partial charge in [-0.05, 0) is 29.5 Å². The Labute approximate surface area is 79.5 Å². The van der Waals surface area contributed by atoms with Gasteiger partial charge in [0.2, 0.25) is 0 Å². The Bertz CT molecular complexity index is 212. The highest BCUT2D eigenvalue weighted by Gasteiger charge is 2.26. The van der Waals surface area contributed by atoms with Crippen LogP contribution < -0.4 is 0 Å². The summed E-state index contributed by atoms with van der Waals surface area (Å²) in [7, 11) is 1.77. The first-order valence-corrected chi connectivity index (χ1v) is 4.51. The molecule has 1 rings (SSSR count). The van der Waals surface area contributed by atoms with Crippen LogP contribution in [0.4, 0.5) is 0 Å². The lowest BCUT2D eigenvalue weighted by Gasteiger charge is -2.07. The molecule has 1 aliphatic rings. The molecule has 3 nitrogen and oxygen atoms in total. The minimum atomic E-state index is 0.0639. The molecule has 4 heteroatoms. The molecule has 62 valence electrons. The molecule has 0 aromatic carbocycles. The molecule has 1 heterocycles. The molecule has 0 N–H and O–H groups in total. The monoisotopic (exact) mass is 267 g/mol. The fourth-order valence-corrected chi connectivity index (χ4v) is 1.66. The molecule has 0 aromatic rings. The van der Waals surface area contributed by atoms with Crippen LogP contribution in [0.5, 0.6) is 0 Å². The molecular weight excluding hydrogens is 257 g/mol. The van der Waals surface area contributed by atoms with Crippen LogP contribution >= 0.6 is 22.6 Å². The molecule has 0 saturated heterocycles. The maximum atomic E-state index is 11.2. The van der Waals surface area contributed by atoms with Crippen LogP contribution in [0.2, 0.25) is 0 Å². The van der Waals surface area contributed by atoms with E-state index in [2.05, 4.69) is 0 Å². The van der Waals surface area contributed by atoms with Gasteiger partial charge in [0.25, 0.3) is 5.91 Å². The normalized spacial score (nSPS) is 18.1. The van der Waals surface area contributed by atoms with E-state index in [4.69, 9.17) is 4.74 Å². The summed E-state index contributed by atoms with van der Waals surface area (Å²) in [6, 6.07) is 0. The van der Waals surface area contributed by atoms with Crippen molar-refractivity contribution in [1.29, 1.82) is 0 Å². The zero-order valence-electron chi connectivity index (χ0n) is 6.56. The molecule has 0 saturated carbocycles. The Hall–Kier alpha value is -0.260. The Morgan fingerprint density at radius 2 is 2.36 bits per heavy atom. The Morgan fingerprint density at radius 1 is 1.73 bits per heavy atom. The number of ether oxygens (including phenoxy) is 1. The second kappa shape index (κ2) is 3.42. The van der Waals surface area contributed by atoms with E-state index in [1.54, 1.807) is 11.9 Å². The summed E-state index contributed by atoms with van der Waals surface area (Å²) in [5.41, 5.74) is 0. The van der Waals surface area contributed by atoms with E-state index in [1.165, 1.54) is 0 Å². The van der Waals surface area contributed by atoms with Crippen LogP contribution in [0.1, 0.15) is 6.92 Å². The van der Waals surface area contributed by atoms with Crippen molar-refractivity contribution >= 4 is 28.5 Å². The van der Waals surface area contributed by atoms with Crippen LogP contribution in [0.15, 0.2) is 9.34 Å². The van der Waals surface area contributed by atoms with E-state index in [0.717, 1.165) is 5.76 Å². The van der Waals surface area contributed by atoms with Crippen molar-refractivity contribution < 1.29 is 9.53 Å². The van der Waals surface area contributed by atoms with E-state index in [1.807, 2.05) is 29.5 Å². The van der Waals surface area contributed by atoms with E-state index in [0.29, 0.717) is 16.7 Å². The third-order valence-corrected chi connectivity index (χ3v) is 2.54. The second-order valence-corrected chi connectivity index (χ2v) is 3.41. The van der Waals surface area contributed by atoms with Gasteiger partial charge in [0, 0.05) is 7.05 Å². The molecular formula is C7H10INO2. The van der Waals surface area contributed by atoms with Gasteiger partial charge in [-0.15, -0.1) is 0 Å². The Kier molecular flexibility index (Phi) is 2.75. The van der Waals surface area contributed by atoms with Gasteiger partial charge in [-0.25, -0.2) is 0 Å². The van der Waals surface area contributed by atoms with E-state index >= 15 is 0 Å². The molecule has 1 aliphatic heterocycles. The van der Waals surface area contributed by atoms with Crippen LogP contribution in [0.25, 0.3) is 0 Å². The van der Waals surface area contributed by atoms with Crippen molar-refractivity contribution in [2.24, 2.45) is 0 Å². The van der Waals surface area contributed by atoms with Gasteiger partial charge >= 0.3 is 0 Å². The van der Waals surface area contributed by atoms with Crippen LogP contribution in [-0.2, 0) is 9.53 Å². The highest BCUT2D eigenvalue weighted by atomic mass is 127. The molecule has 0 unspecified atom stereocenters. The summed E-state index contributed by atoms with van der Waals surface area (Å²) in [4.78, 5) is 12.8. The van der Waals surface area contributed by atoms with Gasteiger partial charge in [0.05, 0.1) is 13.2 Å². The van der Waals surface area contributed by atoms with Gasteiger partial charge in [-0.1, -0.05) is 0 Å². The molecule has 0 atom stereocenters. The molecule has 0 fully saturated rings. The maximum Gasteiger partial charge on any atom is 0.263 e. The summed E-state index contributed by atoms with van der Waals surface area (Å²) < 4.78 is 5.98. The standard InChI is InChI=1S/C7H10INO2/c1-3-11-5-4-9(2)7(10)6(5)8/h3-4H2,1-2H3. The lowest BCUT2D eigenvalue weighted by Crippen LogP contribution is -2.21. The van der Waals surface area contributed by atoms with Gasteiger partial charge in [-0.2, -0.15) is 0 Å². The van der Waals surface area contributed by atoms with Gasteiger partial charge in [0.1, 0.15) is 9.34 Å². The minimum absolute atomic E-state index is 0.0639. The van der Waals surface area contributed by atoms with Crippen LogP contribution in [-0.4, -0.2) is 31.0 Å². The number of rotatable bonds is 2. The average Bonchev–Trinajstić information content (AvgIpc) is 2.19. The quantitative estimate of drug-likeness (QED) is 0.702. The summed E-state index contributed by atoms with van der Waals surface area (Å²) in [6.45, 7) is 3.16. The van der Waals surface area contributed by atoms with Gasteiger partial charge in [0.15, 0.2) is 0 Å². The SMILES string of the molecule is CCOC1=C(I)C(=O)N(C)C1. The molecule has 0 spiro atoms. The minimum Gasteiger partial charge on any atom is -0.495 e. The molecule has 1 amide bonds. The molecule has 11 heavy (non-hydrogen) atoms. The number of likely N-dealkylation sites (N-methyl/N-ethyl adjacent to an activating group) is 1. The van der Waals surface area contributed by atoms with Crippen molar-refractivity contribution in [1.82, 2.24) is 4.90 Å². The number of hydrogen-bond donors (Lipinski definition) is 0. The molecule has 0 aromatic heterocycles. The van der Waals surface area contributed by atoms with Crippen LogP contribution in [0, 0.1) is 0 Å². The highest BCUT2D eigenvalue weighted by Crippen LogP contribution is 2.23. The van der Waals surface area contributed by atoms with Gasteiger partial charge in [-0.3, -0.25) is 4.79 Å². The van der Waals surface area contributed by atoms with E-state index < -0.39 is 0 Å². The van der Waals surface area contributed by atoms with Gasteiger partial charge < -0.3 is 9.64 Å². The van der Waals surface area contributed by atoms with E-state index in [-0.39, 0.29) is 5.91 Å². The molecule has 0 aliphatic carbocycles. The second-order valence-electron chi connectivity index (χ2n) is 2.33. The summed E-state index contributed by atoms with van der Waals surface area (Å²) in [6.07, 6.45) is 0. The number of nitrogens with zero attached hydrogens (tertiary/aromatic N) is 1. The lowest BCUT2D eigenvalue weighted by atomic mass is 10.5.